The van der Waals surface area contributed by atoms with E-state index in [1.165, 1.54) is 0 Å². The molecule has 0 aromatic carbocycles. The van der Waals surface area contributed by atoms with Crippen molar-refractivity contribution in [2.24, 2.45) is 0 Å². The number of hydrogen-bond donors (Lipinski definition) is 1. The molecular formula is C4H9Cl3N2. The van der Waals surface area contributed by atoms with E-state index in [1.807, 2.05) is 0 Å². The van der Waals surface area contributed by atoms with Gasteiger partial charge in [-0.25, -0.2) is 4.58 Å². The molecule has 0 unspecified atom stereocenters. The van der Waals surface area contributed by atoms with Crippen LogP contribution in [-0.4, -0.2) is 30.0 Å². The zero-order valence-electron chi connectivity index (χ0n) is 5.24. The van der Waals surface area contributed by atoms with Crippen molar-refractivity contribution in [1.29, 1.82) is 0 Å². The third-order valence-corrected chi connectivity index (χ3v) is 1.26. The molecule has 0 spiro atoms. The molecule has 0 saturated carbocycles. The van der Waals surface area contributed by atoms with Gasteiger partial charge in [-0.05, 0) is 0 Å². The molecule has 0 aromatic heterocycles. The highest BCUT2D eigenvalue weighted by Gasteiger charge is 2.00. The van der Waals surface area contributed by atoms with E-state index < -0.39 is 4.96 Å². The van der Waals surface area contributed by atoms with Gasteiger partial charge in [-0.2, -0.15) is 0 Å². The minimum atomic E-state index is -0.470. The lowest BCUT2D eigenvalue weighted by atomic mass is 11.0. The molecule has 0 atom stereocenters. The summed E-state index contributed by atoms with van der Waals surface area (Å²) >= 11 is 10.9. The molecular weight excluding hydrogens is 182 g/mol. The second-order valence-electron chi connectivity index (χ2n) is 1.36. The number of alkyl halides is 2. The molecule has 0 bridgehead atoms. The van der Waals surface area contributed by atoms with E-state index >= 15 is 0 Å². The third-order valence-electron chi connectivity index (χ3n) is 0.641. The van der Waals surface area contributed by atoms with Crippen molar-refractivity contribution < 1.29 is 17.0 Å². The molecule has 0 heterocycles. The van der Waals surface area contributed by atoms with Crippen LogP contribution in [-0.2, 0) is 0 Å². The fourth-order valence-electron chi connectivity index (χ4n) is 0.260. The molecule has 0 fully saturated rings. The van der Waals surface area contributed by atoms with E-state index in [4.69, 9.17) is 23.2 Å². The fraction of sp³-hybridized carbons (Fsp3) is 0.750. The van der Waals surface area contributed by atoms with Crippen LogP contribution in [0, 0.1) is 0 Å². The average molecular weight is 191 g/mol. The van der Waals surface area contributed by atoms with Crippen molar-refractivity contribution in [2.75, 3.05) is 14.1 Å². The van der Waals surface area contributed by atoms with Crippen molar-refractivity contribution in [2.45, 2.75) is 4.96 Å². The van der Waals surface area contributed by atoms with Gasteiger partial charge in [0.05, 0.1) is 14.1 Å². The van der Waals surface area contributed by atoms with Crippen LogP contribution in [0.25, 0.3) is 0 Å². The monoisotopic (exact) mass is 190 g/mol. The summed E-state index contributed by atoms with van der Waals surface area (Å²) in [7, 11) is 3.56. The number of hydrogen-bond acceptors (Lipinski definition) is 0. The summed E-state index contributed by atoms with van der Waals surface area (Å²) in [6.45, 7) is 0. The number of nitrogens with one attached hydrogen (secondary N) is 1. The van der Waals surface area contributed by atoms with E-state index in [0.717, 1.165) is 0 Å². The zero-order valence-corrected chi connectivity index (χ0v) is 7.50. The third kappa shape index (κ3) is 6.22. The average Bonchev–Trinajstić information content (AvgIpc) is 1.67. The van der Waals surface area contributed by atoms with Crippen molar-refractivity contribution in [1.82, 2.24) is 5.32 Å². The van der Waals surface area contributed by atoms with Crippen LogP contribution < -0.4 is 17.7 Å². The van der Waals surface area contributed by atoms with Crippen LogP contribution in [0.5, 0.6) is 0 Å². The lowest BCUT2D eigenvalue weighted by Gasteiger charge is -1.96. The van der Waals surface area contributed by atoms with Gasteiger partial charge in [0, 0.05) is 0 Å². The van der Waals surface area contributed by atoms with Gasteiger partial charge in [0.25, 0.3) is 0 Å². The Labute approximate surface area is 71.2 Å². The molecule has 0 radical (unpaired) electrons. The molecule has 0 rings (SSSR count). The first kappa shape index (κ1) is 12.1. The number of nitrogens with zero attached hydrogens (tertiary/aromatic N) is 1. The predicted octanol–water partition coefficient (Wildman–Crippen LogP) is -2.36. The summed E-state index contributed by atoms with van der Waals surface area (Å²) < 4.78 is 1.64. The molecule has 5 heteroatoms. The first-order valence-corrected chi connectivity index (χ1v) is 3.06. The molecule has 0 aliphatic rings. The Morgan fingerprint density at radius 1 is 1.56 bits per heavy atom. The van der Waals surface area contributed by atoms with Crippen molar-refractivity contribution in [3.05, 3.63) is 0 Å². The minimum absolute atomic E-state index is 0. The van der Waals surface area contributed by atoms with Gasteiger partial charge in [0.1, 0.15) is 0 Å². The maximum atomic E-state index is 5.43. The van der Waals surface area contributed by atoms with E-state index in [1.54, 1.807) is 25.0 Å². The molecule has 0 aromatic rings. The maximum Gasteiger partial charge on any atom is 0.245 e. The first-order valence-electron chi connectivity index (χ1n) is 2.19. The van der Waals surface area contributed by atoms with Crippen LogP contribution in [0.4, 0.5) is 0 Å². The van der Waals surface area contributed by atoms with Gasteiger partial charge in [-0.15, -0.1) is 0 Å². The second kappa shape index (κ2) is 6.46. The van der Waals surface area contributed by atoms with E-state index in [2.05, 4.69) is 5.32 Å². The fourth-order valence-corrected chi connectivity index (χ4v) is 0.373. The van der Waals surface area contributed by atoms with Gasteiger partial charge in [-0.1, -0.05) is 23.2 Å². The minimum Gasteiger partial charge on any atom is -1.00 e. The highest BCUT2D eigenvalue weighted by molar-refractivity contribution is 6.42. The lowest BCUT2D eigenvalue weighted by Crippen LogP contribution is -3.00. The maximum absolute atomic E-state index is 5.43. The molecule has 1 N–H and O–H groups in total. The van der Waals surface area contributed by atoms with Crippen molar-refractivity contribution in [3.63, 3.8) is 0 Å². The smallest absolute Gasteiger partial charge is 0.245 e. The topological polar surface area (TPSA) is 15.0 Å². The SMILES string of the molecule is CN/C=[N+](\C)C(Cl)Cl.[Cl-]. The van der Waals surface area contributed by atoms with Crippen molar-refractivity contribution >= 4 is 29.5 Å². The molecule has 0 aliphatic carbocycles. The van der Waals surface area contributed by atoms with Gasteiger partial charge >= 0.3 is 0 Å². The van der Waals surface area contributed by atoms with Gasteiger partial charge in [-0.3, -0.25) is 5.32 Å². The van der Waals surface area contributed by atoms with Crippen LogP contribution in [0.3, 0.4) is 0 Å². The molecule has 9 heavy (non-hydrogen) atoms. The Hall–Kier alpha value is 0.340. The predicted molar refractivity (Wildman–Crippen MR) is 36.8 cm³/mol. The Morgan fingerprint density at radius 3 is 2.11 bits per heavy atom. The Morgan fingerprint density at radius 2 is 2.00 bits per heavy atom. The van der Waals surface area contributed by atoms with E-state index in [9.17, 15) is 0 Å². The summed E-state index contributed by atoms with van der Waals surface area (Å²) in [6.07, 6.45) is 1.69. The second-order valence-corrected chi connectivity index (χ2v) is 2.41. The summed E-state index contributed by atoms with van der Waals surface area (Å²) in [6, 6.07) is 0. The van der Waals surface area contributed by atoms with Gasteiger partial charge in [0.2, 0.25) is 11.3 Å². The van der Waals surface area contributed by atoms with Gasteiger partial charge < -0.3 is 12.4 Å². The molecule has 2 nitrogen and oxygen atoms in total. The van der Waals surface area contributed by atoms with Crippen LogP contribution >= 0.6 is 23.2 Å². The largest absolute Gasteiger partial charge is 1.00 e. The summed E-state index contributed by atoms with van der Waals surface area (Å²) in [5.74, 6) is 0. The molecule has 0 saturated heterocycles. The Kier molecular flexibility index (Phi) is 8.66. The normalized spacial score (nSPS) is 11.0. The first-order chi connectivity index (χ1) is 3.68. The highest BCUT2D eigenvalue weighted by atomic mass is 35.5. The van der Waals surface area contributed by atoms with Gasteiger partial charge in [0.15, 0.2) is 0 Å². The Balaban J connectivity index is 0. The van der Waals surface area contributed by atoms with E-state index in [-0.39, 0.29) is 12.4 Å². The summed E-state index contributed by atoms with van der Waals surface area (Å²) in [5.41, 5.74) is 0. The quantitative estimate of drug-likeness (QED) is 0.170. The highest BCUT2D eigenvalue weighted by Crippen LogP contribution is 1.98. The van der Waals surface area contributed by atoms with Crippen LogP contribution in [0.2, 0.25) is 0 Å². The number of rotatable bonds is 2. The van der Waals surface area contributed by atoms with E-state index in [0.29, 0.717) is 0 Å². The standard InChI is InChI=1S/C4H8Cl2N2.ClH/c1-7-3-8(2)4(5)6;/h3-4H,1-2H3;1H. The molecule has 0 amide bonds. The molecule has 56 valence electrons. The molecule has 0 aliphatic heterocycles. The van der Waals surface area contributed by atoms with Crippen molar-refractivity contribution in [3.8, 4) is 0 Å². The zero-order chi connectivity index (χ0) is 6.57. The lowest BCUT2D eigenvalue weighted by molar-refractivity contribution is -0.490. The summed E-state index contributed by atoms with van der Waals surface area (Å²) in [4.78, 5) is -0.470. The Bertz CT molecular complexity index is 91.8. The summed E-state index contributed by atoms with van der Waals surface area (Å²) in [5, 5.41) is 2.78. The van der Waals surface area contributed by atoms with Crippen LogP contribution in [0.1, 0.15) is 0 Å². The number of halogens is 3. The van der Waals surface area contributed by atoms with Crippen LogP contribution in [0.15, 0.2) is 0 Å².